The summed E-state index contributed by atoms with van der Waals surface area (Å²) < 4.78 is 38.7. The lowest BCUT2D eigenvalue weighted by Gasteiger charge is -2.33. The zero-order chi connectivity index (χ0) is 21.0. The second kappa shape index (κ2) is 9.21. The van der Waals surface area contributed by atoms with Crippen LogP contribution >= 0.6 is 11.6 Å². The molecule has 3 rings (SSSR count). The molecule has 0 atom stereocenters. The first kappa shape index (κ1) is 21.7. The molecule has 2 aromatic carbocycles. The summed E-state index contributed by atoms with van der Waals surface area (Å²) in [5, 5.41) is 2.65. The molecule has 0 spiro atoms. The second-order valence-corrected chi connectivity index (χ2v) is 9.52. The maximum absolute atomic E-state index is 13.3. The molecule has 1 aliphatic heterocycles. The highest BCUT2D eigenvalue weighted by Gasteiger charge is 2.25. The second-order valence-electron chi connectivity index (χ2n) is 6.86. The minimum Gasteiger partial charge on any atom is -0.322 e. The van der Waals surface area contributed by atoms with Gasteiger partial charge in [-0.05, 0) is 42.8 Å². The molecular weight excluding hydrogens is 417 g/mol. The fraction of sp³-hybridized carbons (Fsp3) is 0.350. The molecule has 2 aromatic rings. The van der Waals surface area contributed by atoms with Crippen molar-refractivity contribution < 1.29 is 17.6 Å². The van der Waals surface area contributed by atoms with Gasteiger partial charge in [-0.15, -0.1) is 0 Å². The topological polar surface area (TPSA) is 69.7 Å². The summed E-state index contributed by atoms with van der Waals surface area (Å²) in [5.74, 6) is -0.740. The highest BCUT2D eigenvalue weighted by atomic mass is 35.5. The van der Waals surface area contributed by atoms with Crippen LogP contribution in [0.3, 0.4) is 0 Å². The Hall–Kier alpha value is -2.00. The van der Waals surface area contributed by atoms with Crippen LogP contribution < -0.4 is 5.32 Å². The maximum Gasteiger partial charge on any atom is 0.255 e. The van der Waals surface area contributed by atoms with Gasteiger partial charge in [-0.1, -0.05) is 23.7 Å². The van der Waals surface area contributed by atoms with Crippen molar-refractivity contribution >= 4 is 33.2 Å². The molecule has 9 heteroatoms. The van der Waals surface area contributed by atoms with E-state index in [4.69, 9.17) is 11.6 Å². The van der Waals surface area contributed by atoms with Crippen molar-refractivity contribution in [3.05, 3.63) is 64.4 Å². The van der Waals surface area contributed by atoms with Gasteiger partial charge in [0, 0.05) is 44.0 Å². The van der Waals surface area contributed by atoms with E-state index in [0.717, 1.165) is 5.56 Å². The van der Waals surface area contributed by atoms with Crippen LogP contribution in [0.1, 0.15) is 22.8 Å². The zero-order valence-electron chi connectivity index (χ0n) is 16.1. The number of hydrogen-bond donors (Lipinski definition) is 1. The van der Waals surface area contributed by atoms with Gasteiger partial charge in [-0.3, -0.25) is 9.69 Å². The van der Waals surface area contributed by atoms with Gasteiger partial charge < -0.3 is 5.32 Å². The van der Waals surface area contributed by atoms with Crippen molar-refractivity contribution in [1.29, 1.82) is 0 Å². The average molecular weight is 440 g/mol. The number of rotatable bonds is 6. The predicted molar refractivity (Wildman–Crippen MR) is 112 cm³/mol. The van der Waals surface area contributed by atoms with Crippen molar-refractivity contribution in [2.75, 3.05) is 37.2 Å². The van der Waals surface area contributed by atoms with Gasteiger partial charge in [0.1, 0.15) is 5.82 Å². The van der Waals surface area contributed by atoms with Crippen LogP contribution in [0, 0.1) is 5.82 Å². The number of piperazine rings is 1. The van der Waals surface area contributed by atoms with E-state index in [-0.39, 0.29) is 16.7 Å². The Morgan fingerprint density at radius 2 is 1.86 bits per heavy atom. The summed E-state index contributed by atoms with van der Waals surface area (Å²) in [6, 6.07) is 11.3. The van der Waals surface area contributed by atoms with E-state index in [9.17, 15) is 17.6 Å². The van der Waals surface area contributed by atoms with E-state index in [0.29, 0.717) is 44.0 Å². The number of carbonyl (C=O) groups excluding carboxylic acids is 1. The smallest absolute Gasteiger partial charge is 0.255 e. The number of amides is 1. The van der Waals surface area contributed by atoms with Gasteiger partial charge in [0.15, 0.2) is 0 Å². The molecular formula is C20H23ClFN3O3S. The monoisotopic (exact) mass is 439 g/mol. The lowest BCUT2D eigenvalue weighted by molar-refractivity contribution is 0.102. The van der Waals surface area contributed by atoms with Crippen molar-refractivity contribution in [1.82, 2.24) is 9.21 Å². The minimum atomic E-state index is -3.15. The van der Waals surface area contributed by atoms with E-state index >= 15 is 0 Å². The number of nitrogens with one attached hydrogen (secondary N) is 1. The molecule has 1 heterocycles. The van der Waals surface area contributed by atoms with E-state index in [1.165, 1.54) is 22.5 Å². The molecule has 6 nitrogen and oxygen atoms in total. The van der Waals surface area contributed by atoms with Gasteiger partial charge in [0.25, 0.3) is 5.91 Å². The summed E-state index contributed by atoms with van der Waals surface area (Å²) in [6.07, 6.45) is 0. The van der Waals surface area contributed by atoms with Crippen molar-refractivity contribution in [2.45, 2.75) is 13.5 Å². The van der Waals surface area contributed by atoms with Crippen LogP contribution in [0.4, 0.5) is 10.1 Å². The highest BCUT2D eigenvalue weighted by molar-refractivity contribution is 7.89. The van der Waals surface area contributed by atoms with Gasteiger partial charge in [-0.2, -0.15) is 4.31 Å². The third-order valence-corrected chi connectivity index (χ3v) is 7.03. The molecule has 0 radical (unpaired) electrons. The van der Waals surface area contributed by atoms with Gasteiger partial charge in [0.05, 0.1) is 10.8 Å². The molecule has 0 aliphatic carbocycles. The Kier molecular flexibility index (Phi) is 6.89. The zero-order valence-corrected chi connectivity index (χ0v) is 17.6. The fourth-order valence-electron chi connectivity index (χ4n) is 3.19. The number of nitrogens with zero attached hydrogens (tertiary/aromatic N) is 2. The number of hydrogen-bond acceptors (Lipinski definition) is 4. The Labute approximate surface area is 175 Å². The molecule has 156 valence electrons. The third-order valence-electron chi connectivity index (χ3n) is 4.86. The number of sulfonamides is 1. The molecule has 0 aromatic heterocycles. The molecule has 1 fully saturated rings. The molecule has 1 saturated heterocycles. The normalized spacial score (nSPS) is 16.0. The molecule has 1 aliphatic rings. The molecule has 0 unspecified atom stereocenters. The van der Waals surface area contributed by atoms with Crippen molar-refractivity contribution in [3.63, 3.8) is 0 Å². The first-order valence-electron chi connectivity index (χ1n) is 9.34. The van der Waals surface area contributed by atoms with Crippen LogP contribution in [-0.4, -0.2) is 55.5 Å². The highest BCUT2D eigenvalue weighted by Crippen LogP contribution is 2.20. The average Bonchev–Trinajstić information content (AvgIpc) is 2.71. The fourth-order valence-corrected chi connectivity index (χ4v) is 4.46. The van der Waals surface area contributed by atoms with E-state index in [1.54, 1.807) is 25.1 Å². The Balaban J connectivity index is 1.61. The van der Waals surface area contributed by atoms with Crippen LogP contribution in [0.5, 0.6) is 0 Å². The standard InChI is InChI=1S/C20H23ClFN3O3S/c1-2-29(27,28)25-10-8-24(9-11-25)14-15-4-3-5-16(12-15)20(26)23-17-6-7-19(22)18(21)13-17/h3-7,12-13H,2,8-11,14H2,1H3,(H,23,26). The summed E-state index contributed by atoms with van der Waals surface area (Å²) >= 11 is 5.75. The SMILES string of the molecule is CCS(=O)(=O)N1CCN(Cc2cccc(C(=O)Nc3ccc(F)c(Cl)c3)c2)CC1. The number of benzene rings is 2. The number of carbonyl (C=O) groups is 1. The first-order valence-corrected chi connectivity index (χ1v) is 11.3. The van der Waals surface area contributed by atoms with Gasteiger partial charge in [-0.25, -0.2) is 12.8 Å². The van der Waals surface area contributed by atoms with Crippen LogP contribution in [0.15, 0.2) is 42.5 Å². The van der Waals surface area contributed by atoms with E-state index < -0.39 is 15.8 Å². The summed E-state index contributed by atoms with van der Waals surface area (Å²) in [6.45, 7) is 4.51. The molecule has 0 bridgehead atoms. The summed E-state index contributed by atoms with van der Waals surface area (Å²) in [4.78, 5) is 14.7. The summed E-state index contributed by atoms with van der Waals surface area (Å²) in [5.41, 5.74) is 1.86. The lowest BCUT2D eigenvalue weighted by Crippen LogP contribution is -2.48. The minimum absolute atomic E-state index is 0.0548. The Bertz CT molecular complexity index is 992. The molecule has 29 heavy (non-hydrogen) atoms. The first-order chi connectivity index (χ1) is 13.8. The van der Waals surface area contributed by atoms with Crippen molar-refractivity contribution in [2.24, 2.45) is 0 Å². The van der Waals surface area contributed by atoms with Crippen molar-refractivity contribution in [3.8, 4) is 0 Å². The van der Waals surface area contributed by atoms with Crippen LogP contribution in [-0.2, 0) is 16.6 Å². The predicted octanol–water partition coefficient (Wildman–Crippen LogP) is 3.20. The quantitative estimate of drug-likeness (QED) is 0.750. The van der Waals surface area contributed by atoms with Gasteiger partial charge >= 0.3 is 0 Å². The molecule has 0 saturated carbocycles. The maximum atomic E-state index is 13.3. The van der Waals surface area contributed by atoms with Gasteiger partial charge in [0.2, 0.25) is 10.0 Å². The Morgan fingerprint density at radius 1 is 1.14 bits per heavy atom. The largest absolute Gasteiger partial charge is 0.322 e. The number of halogens is 2. The molecule has 1 N–H and O–H groups in total. The number of anilines is 1. The van der Waals surface area contributed by atoms with Crippen LogP contribution in [0.25, 0.3) is 0 Å². The third kappa shape index (κ3) is 5.54. The van der Waals surface area contributed by atoms with E-state index in [2.05, 4.69) is 10.2 Å². The lowest BCUT2D eigenvalue weighted by atomic mass is 10.1. The molecule has 1 amide bonds. The van der Waals surface area contributed by atoms with E-state index in [1.807, 2.05) is 6.07 Å². The van der Waals surface area contributed by atoms with Crippen LogP contribution in [0.2, 0.25) is 5.02 Å². The Morgan fingerprint density at radius 3 is 2.52 bits per heavy atom. The summed E-state index contributed by atoms with van der Waals surface area (Å²) in [7, 11) is -3.15.